The van der Waals surface area contributed by atoms with Gasteiger partial charge in [-0.3, -0.25) is 0 Å². The fourth-order valence-corrected chi connectivity index (χ4v) is 6.37. The van der Waals surface area contributed by atoms with Crippen LogP contribution in [0, 0.1) is 24.2 Å². The van der Waals surface area contributed by atoms with Crippen molar-refractivity contribution in [3.05, 3.63) is 139 Å². The Balaban J connectivity index is 0.00000432. The first-order valence-electron chi connectivity index (χ1n) is 17.0. The van der Waals surface area contributed by atoms with E-state index in [9.17, 15) is 0 Å². The second kappa shape index (κ2) is 13.1. The number of rotatable bonds is 5. The predicted octanol–water partition coefficient (Wildman–Crippen LogP) is 11.5. The topological polar surface area (TPSA) is 33.5 Å². The Morgan fingerprint density at radius 3 is 2.06 bits per heavy atom. The Bertz CT molecular complexity index is 2190. The maximum atomic E-state index is 6.51. The molecule has 0 spiro atoms. The number of ether oxygens (including phenoxy) is 1. The SMILES string of the molecule is CC(C)(C)C1=CN(c2ccc(C(C)(C)C)cc2)[CH-]N1c1[c-]c(Oc2[c-]c3c(cc2)c2ccccc2n3-c2cc(C(C)(C)C)ccn2)ccc1.[Pt]. The fourth-order valence-electron chi connectivity index (χ4n) is 6.37. The molecule has 6 aromatic rings. The van der Waals surface area contributed by atoms with Gasteiger partial charge in [-0.1, -0.05) is 98.2 Å². The van der Waals surface area contributed by atoms with Crippen molar-refractivity contribution < 1.29 is 25.8 Å². The third-order valence-electron chi connectivity index (χ3n) is 9.19. The predicted molar refractivity (Wildman–Crippen MR) is 203 cm³/mol. The zero-order valence-corrected chi connectivity index (χ0v) is 32.7. The summed E-state index contributed by atoms with van der Waals surface area (Å²) in [6.07, 6.45) is 4.12. The molecule has 260 valence electrons. The number of para-hydroxylation sites is 1. The Morgan fingerprint density at radius 2 is 1.36 bits per heavy atom. The largest absolute Gasteiger partial charge is 0.509 e. The molecule has 0 N–H and O–H groups in total. The molecule has 0 amide bonds. The van der Waals surface area contributed by atoms with Crippen LogP contribution in [-0.2, 0) is 31.9 Å². The fraction of sp³-hybridized carbons (Fsp3) is 0.273. The zero-order chi connectivity index (χ0) is 34.7. The number of hydrogen-bond donors (Lipinski definition) is 0. The molecule has 0 saturated carbocycles. The summed E-state index contributed by atoms with van der Waals surface area (Å²) in [5, 5.41) is 2.26. The van der Waals surface area contributed by atoms with Gasteiger partial charge in [-0.05, 0) is 63.9 Å². The second-order valence-corrected chi connectivity index (χ2v) is 16.0. The number of allylic oxidation sites excluding steroid dienone is 1. The van der Waals surface area contributed by atoms with Gasteiger partial charge in [0.1, 0.15) is 5.82 Å². The van der Waals surface area contributed by atoms with Gasteiger partial charge in [0, 0.05) is 61.1 Å². The molecule has 0 atom stereocenters. The quantitative estimate of drug-likeness (QED) is 0.162. The van der Waals surface area contributed by atoms with Crippen LogP contribution >= 0.6 is 0 Å². The minimum atomic E-state index is -0.105. The van der Waals surface area contributed by atoms with Gasteiger partial charge < -0.3 is 19.1 Å². The maximum Gasteiger partial charge on any atom is 0.135 e. The molecule has 0 aliphatic carbocycles. The molecule has 6 heteroatoms. The zero-order valence-electron chi connectivity index (χ0n) is 30.4. The molecule has 7 rings (SSSR count). The molecule has 1 aliphatic heterocycles. The summed E-state index contributed by atoms with van der Waals surface area (Å²) in [5.74, 6) is 2.11. The number of aromatic nitrogens is 2. The van der Waals surface area contributed by atoms with Crippen LogP contribution in [0.5, 0.6) is 11.5 Å². The standard InChI is InChI=1S/C44H45N4O.Pt/c1-42(2,3)30-17-19-32(20-18-30)46-28-40(44(7,8)9)47(29-46)33-13-12-14-34(26-33)49-35-21-22-37-36-15-10-11-16-38(36)48(39(37)27-35)41-25-31(23-24-45-41)43(4,5)6;/h10-25,28-29H,1-9H3;/q-3;. The number of benzene rings is 4. The molecule has 1 aliphatic rings. The van der Waals surface area contributed by atoms with Gasteiger partial charge >= 0.3 is 0 Å². The van der Waals surface area contributed by atoms with Crippen molar-refractivity contribution in [2.24, 2.45) is 5.41 Å². The van der Waals surface area contributed by atoms with Crippen molar-refractivity contribution in [2.45, 2.75) is 73.1 Å². The molecule has 0 fully saturated rings. The second-order valence-electron chi connectivity index (χ2n) is 16.0. The van der Waals surface area contributed by atoms with E-state index in [4.69, 9.17) is 9.72 Å². The van der Waals surface area contributed by atoms with E-state index in [-0.39, 0.29) is 37.3 Å². The van der Waals surface area contributed by atoms with Gasteiger partial charge in [-0.15, -0.1) is 48.1 Å². The average Bonchev–Trinajstić information content (AvgIpc) is 3.65. The van der Waals surface area contributed by atoms with Gasteiger partial charge in [-0.2, -0.15) is 12.1 Å². The number of pyridine rings is 1. The number of nitrogens with zero attached hydrogens (tertiary/aromatic N) is 4. The third kappa shape index (κ3) is 6.85. The van der Waals surface area contributed by atoms with Crippen LogP contribution in [0.25, 0.3) is 27.6 Å². The summed E-state index contributed by atoms with van der Waals surface area (Å²) in [4.78, 5) is 9.22. The Morgan fingerprint density at radius 1 is 0.660 bits per heavy atom. The van der Waals surface area contributed by atoms with Crippen LogP contribution in [0.1, 0.15) is 73.4 Å². The van der Waals surface area contributed by atoms with E-state index >= 15 is 0 Å². The molecule has 0 saturated heterocycles. The molecular formula is C44H45N4OPt-3. The van der Waals surface area contributed by atoms with E-state index in [1.165, 1.54) is 16.8 Å². The summed E-state index contributed by atoms with van der Waals surface area (Å²) < 4.78 is 8.70. The minimum absolute atomic E-state index is 0. The van der Waals surface area contributed by atoms with Crippen molar-refractivity contribution in [1.29, 1.82) is 0 Å². The van der Waals surface area contributed by atoms with Crippen LogP contribution < -0.4 is 14.5 Å². The molecule has 0 bridgehead atoms. The number of hydrogen-bond acceptors (Lipinski definition) is 4. The van der Waals surface area contributed by atoms with Crippen LogP contribution in [0.2, 0.25) is 0 Å². The smallest absolute Gasteiger partial charge is 0.135 e. The first-order chi connectivity index (χ1) is 23.2. The van der Waals surface area contributed by atoms with Crippen LogP contribution in [0.4, 0.5) is 11.4 Å². The normalized spacial score (nSPS) is 13.9. The minimum Gasteiger partial charge on any atom is -0.509 e. The van der Waals surface area contributed by atoms with Crippen LogP contribution in [0.15, 0.2) is 109 Å². The van der Waals surface area contributed by atoms with Gasteiger partial charge in [0.05, 0.1) is 0 Å². The van der Waals surface area contributed by atoms with E-state index < -0.39 is 0 Å². The van der Waals surface area contributed by atoms with E-state index in [1.54, 1.807) is 0 Å². The maximum absolute atomic E-state index is 6.51. The first kappa shape index (κ1) is 35.5. The van der Waals surface area contributed by atoms with E-state index in [0.717, 1.165) is 39.0 Å². The average molecular weight is 841 g/mol. The van der Waals surface area contributed by atoms with E-state index in [2.05, 4.69) is 174 Å². The molecule has 2 aromatic heterocycles. The molecule has 3 heterocycles. The van der Waals surface area contributed by atoms with Crippen molar-refractivity contribution in [3.8, 4) is 17.3 Å². The molecule has 50 heavy (non-hydrogen) atoms. The summed E-state index contributed by atoms with van der Waals surface area (Å²) in [6.45, 7) is 22.3. The Hall–Kier alpha value is -4.34. The van der Waals surface area contributed by atoms with E-state index in [0.29, 0.717) is 11.5 Å². The van der Waals surface area contributed by atoms with E-state index in [1.807, 2.05) is 24.4 Å². The van der Waals surface area contributed by atoms with Gasteiger partial charge in [0.25, 0.3) is 0 Å². The molecule has 5 nitrogen and oxygen atoms in total. The monoisotopic (exact) mass is 840 g/mol. The first-order valence-corrected chi connectivity index (χ1v) is 17.0. The van der Waals surface area contributed by atoms with Gasteiger partial charge in [-0.25, -0.2) is 4.98 Å². The number of anilines is 2. The van der Waals surface area contributed by atoms with Crippen molar-refractivity contribution >= 4 is 33.2 Å². The van der Waals surface area contributed by atoms with Crippen molar-refractivity contribution in [2.75, 3.05) is 9.80 Å². The van der Waals surface area contributed by atoms with Gasteiger partial charge in [0.2, 0.25) is 0 Å². The Labute approximate surface area is 311 Å². The third-order valence-corrected chi connectivity index (χ3v) is 9.19. The molecular weight excluding hydrogens is 796 g/mol. The number of fused-ring (bicyclic) bond motifs is 3. The summed E-state index contributed by atoms with van der Waals surface area (Å²) in [7, 11) is 0. The van der Waals surface area contributed by atoms with Crippen LogP contribution in [0.3, 0.4) is 0 Å². The molecule has 0 radical (unpaired) electrons. The van der Waals surface area contributed by atoms with Crippen molar-refractivity contribution in [3.63, 3.8) is 0 Å². The summed E-state index contributed by atoms with van der Waals surface area (Å²) in [6, 6.07) is 38.9. The summed E-state index contributed by atoms with van der Waals surface area (Å²) in [5.41, 5.74) is 7.74. The van der Waals surface area contributed by atoms with Crippen molar-refractivity contribution in [1.82, 2.24) is 9.55 Å². The Kier molecular flexibility index (Phi) is 9.29. The van der Waals surface area contributed by atoms with Crippen LogP contribution in [-0.4, -0.2) is 9.55 Å². The van der Waals surface area contributed by atoms with Gasteiger partial charge in [0.15, 0.2) is 0 Å². The molecule has 4 aromatic carbocycles. The summed E-state index contributed by atoms with van der Waals surface area (Å²) >= 11 is 0. The molecule has 0 unspecified atom stereocenters.